The van der Waals surface area contributed by atoms with E-state index in [1.54, 1.807) is 0 Å². The van der Waals surface area contributed by atoms with Crippen molar-refractivity contribution in [3.8, 4) is 0 Å². The van der Waals surface area contributed by atoms with E-state index in [-0.39, 0.29) is 26.1 Å². The van der Waals surface area contributed by atoms with Gasteiger partial charge in [0.15, 0.2) is 17.5 Å². The number of pyridine rings is 1. The van der Waals surface area contributed by atoms with Crippen molar-refractivity contribution in [3.05, 3.63) is 70.8 Å². The van der Waals surface area contributed by atoms with Crippen molar-refractivity contribution in [3.63, 3.8) is 0 Å². The number of piperidine rings is 1. The molecule has 8 nitrogen and oxygen atoms in total. The Morgan fingerprint density at radius 3 is 2.67 bits per heavy atom. The topological polar surface area (TPSA) is 111 Å². The Labute approximate surface area is 208 Å². The molecule has 36 heavy (non-hydrogen) atoms. The lowest BCUT2D eigenvalue weighted by molar-refractivity contribution is -0.631. The summed E-state index contributed by atoms with van der Waals surface area (Å²) in [5.41, 5.74) is 8.75. The first-order valence-corrected chi connectivity index (χ1v) is 12.3. The summed E-state index contributed by atoms with van der Waals surface area (Å²) < 4.78 is 40.0. The number of aromatic amines is 1. The molecule has 3 N–H and O–H groups in total. The number of hydrogen-bond donors (Lipinski definition) is 2. The van der Waals surface area contributed by atoms with Crippen LogP contribution in [0.3, 0.4) is 0 Å². The number of rotatable bonds is 3. The normalized spacial score (nSPS) is 19.2. The third-order valence-electron chi connectivity index (χ3n) is 7.23. The predicted molar refractivity (Wildman–Crippen MR) is 127 cm³/mol. The van der Waals surface area contributed by atoms with Crippen molar-refractivity contribution < 1.29 is 17.9 Å². The van der Waals surface area contributed by atoms with Gasteiger partial charge in [-0.15, -0.1) is 0 Å². The number of hydrogen-bond acceptors (Lipinski definition) is 7. The van der Waals surface area contributed by atoms with Gasteiger partial charge in [0, 0.05) is 25.2 Å². The summed E-state index contributed by atoms with van der Waals surface area (Å²) in [5.74, 6) is 0.624. The van der Waals surface area contributed by atoms with Crippen LogP contribution in [-0.4, -0.2) is 33.0 Å². The summed E-state index contributed by atoms with van der Waals surface area (Å²) in [7, 11) is 0. The second-order valence-electron chi connectivity index (χ2n) is 9.29. The smallest absolute Gasteiger partial charge is 0.480 e. The van der Waals surface area contributed by atoms with E-state index in [0.717, 1.165) is 50.3 Å². The molecule has 4 aromatic rings. The predicted octanol–water partition coefficient (Wildman–Crippen LogP) is 4.00. The molecule has 0 amide bonds. The van der Waals surface area contributed by atoms with E-state index >= 15 is 0 Å². The minimum absolute atomic E-state index is 0.0156. The minimum Gasteiger partial charge on any atom is -0.618 e. The Bertz CT molecular complexity index is 1450. The summed E-state index contributed by atoms with van der Waals surface area (Å²) in [4.78, 5) is 18.3. The molecule has 1 atom stereocenters. The molecule has 4 heterocycles. The van der Waals surface area contributed by atoms with Crippen LogP contribution in [0.5, 0.6) is 0 Å². The van der Waals surface area contributed by atoms with Crippen molar-refractivity contribution in [1.82, 2.24) is 19.9 Å². The highest BCUT2D eigenvalue weighted by molar-refractivity contribution is 7.99. The molecule has 0 bridgehead atoms. The van der Waals surface area contributed by atoms with E-state index < -0.39 is 11.9 Å². The third kappa shape index (κ3) is 3.84. The fraction of sp³-hybridized carbons (Fsp3) is 0.333. The number of nitrogens with zero attached hydrogens (tertiary/aromatic N) is 5. The molecule has 0 unspecified atom stereocenters. The van der Waals surface area contributed by atoms with Gasteiger partial charge in [0.2, 0.25) is 5.95 Å². The van der Waals surface area contributed by atoms with Crippen LogP contribution in [0.1, 0.15) is 35.7 Å². The van der Waals surface area contributed by atoms with Gasteiger partial charge in [0.05, 0.1) is 11.1 Å². The molecule has 1 saturated heterocycles. The highest BCUT2D eigenvalue weighted by atomic mass is 32.2. The number of fused-ring (bicyclic) bond motifs is 2. The Balaban J connectivity index is 1.20. The number of aromatic nitrogens is 5. The summed E-state index contributed by atoms with van der Waals surface area (Å²) in [5, 5.41) is 12.0. The zero-order chi connectivity index (χ0) is 25.1. The van der Waals surface area contributed by atoms with Gasteiger partial charge in [-0.25, -0.2) is 9.97 Å². The quantitative estimate of drug-likeness (QED) is 0.315. The van der Waals surface area contributed by atoms with Crippen molar-refractivity contribution >= 4 is 29.0 Å². The standard InChI is InChI=1S/C24H22F3N7OS/c25-24(26,27)19-16(6-3-9-34(19)35)36-17-13-29-20-21(30-17)32-22(31-20)33-10-7-23(8-11-33)12-14-4-1-2-5-15(14)18(23)28/h1-6,9,13,18H,7-8,10-12,28H2,(H,29,30,31,32)/t18-/m1/s1. The van der Waals surface area contributed by atoms with Gasteiger partial charge < -0.3 is 20.8 Å². The molecule has 6 rings (SSSR count). The second kappa shape index (κ2) is 8.34. The largest absolute Gasteiger partial charge is 0.618 e. The number of imidazole rings is 1. The average molecular weight is 514 g/mol. The molecular formula is C24H22F3N7OS. The maximum absolute atomic E-state index is 13.4. The third-order valence-corrected chi connectivity index (χ3v) is 8.19. The summed E-state index contributed by atoms with van der Waals surface area (Å²) in [6.07, 6.45) is 0.220. The van der Waals surface area contributed by atoms with Gasteiger partial charge >= 0.3 is 11.9 Å². The molecule has 1 aromatic carbocycles. The lowest BCUT2D eigenvalue weighted by Crippen LogP contribution is -2.44. The molecule has 1 aliphatic carbocycles. The molecule has 0 radical (unpaired) electrons. The minimum atomic E-state index is -4.79. The SMILES string of the molecule is N[C@@H]1c2ccccc2CC12CCN(c1nc3nc(Sc4ccc[n+]([O-])c4C(F)(F)F)cnc3[nH]1)CC2. The number of halogens is 3. The Kier molecular flexibility index (Phi) is 5.34. The number of benzene rings is 1. The average Bonchev–Trinajstić information content (AvgIpc) is 3.38. The number of H-pyrrole nitrogens is 1. The molecule has 1 fully saturated rings. The van der Waals surface area contributed by atoms with Crippen molar-refractivity contribution in [2.45, 2.75) is 41.4 Å². The van der Waals surface area contributed by atoms with Gasteiger partial charge in [0.25, 0.3) is 0 Å². The molecule has 1 aliphatic heterocycles. The van der Waals surface area contributed by atoms with E-state index in [9.17, 15) is 18.4 Å². The van der Waals surface area contributed by atoms with Crippen LogP contribution < -0.4 is 15.4 Å². The molecular weight excluding hydrogens is 491 g/mol. The van der Waals surface area contributed by atoms with Crippen LogP contribution in [0.2, 0.25) is 0 Å². The van der Waals surface area contributed by atoms with Gasteiger partial charge in [0.1, 0.15) is 5.03 Å². The Hall–Kier alpha value is -3.38. The van der Waals surface area contributed by atoms with Gasteiger partial charge in [-0.2, -0.15) is 22.9 Å². The van der Waals surface area contributed by atoms with E-state index in [1.165, 1.54) is 29.5 Å². The van der Waals surface area contributed by atoms with E-state index in [4.69, 9.17) is 5.73 Å². The van der Waals surface area contributed by atoms with Crippen LogP contribution >= 0.6 is 11.8 Å². The Morgan fingerprint density at radius 1 is 1.14 bits per heavy atom. The first-order valence-electron chi connectivity index (χ1n) is 11.5. The monoisotopic (exact) mass is 513 g/mol. The molecule has 3 aromatic heterocycles. The molecule has 2 aliphatic rings. The van der Waals surface area contributed by atoms with Crippen molar-refractivity contribution in [1.29, 1.82) is 0 Å². The lowest BCUT2D eigenvalue weighted by Gasteiger charge is -2.42. The zero-order valence-corrected chi connectivity index (χ0v) is 19.8. The fourth-order valence-electron chi connectivity index (χ4n) is 5.36. The molecule has 1 spiro atoms. The van der Waals surface area contributed by atoms with Gasteiger partial charge in [-0.05, 0) is 41.9 Å². The van der Waals surface area contributed by atoms with Crippen LogP contribution in [0.25, 0.3) is 11.3 Å². The van der Waals surface area contributed by atoms with E-state index in [2.05, 4.69) is 43.0 Å². The molecule has 186 valence electrons. The van der Waals surface area contributed by atoms with Gasteiger partial charge in [-0.3, -0.25) is 0 Å². The van der Waals surface area contributed by atoms with Crippen LogP contribution in [0.15, 0.2) is 58.7 Å². The number of nitrogens with one attached hydrogen (secondary N) is 1. The van der Waals surface area contributed by atoms with E-state index in [1.807, 2.05) is 6.07 Å². The fourth-order valence-corrected chi connectivity index (χ4v) is 6.27. The maximum Gasteiger partial charge on any atom is 0.480 e. The summed E-state index contributed by atoms with van der Waals surface area (Å²) in [6, 6.07) is 10.9. The first kappa shape index (κ1) is 23.0. The van der Waals surface area contributed by atoms with Crippen LogP contribution in [0, 0.1) is 10.6 Å². The number of nitrogens with two attached hydrogens (primary N) is 1. The lowest BCUT2D eigenvalue weighted by atomic mass is 9.73. The van der Waals surface area contributed by atoms with Crippen molar-refractivity contribution in [2.24, 2.45) is 11.1 Å². The molecule has 12 heteroatoms. The summed E-state index contributed by atoms with van der Waals surface area (Å²) in [6.45, 7) is 1.54. The first-order chi connectivity index (χ1) is 17.2. The zero-order valence-electron chi connectivity index (χ0n) is 19.0. The summed E-state index contributed by atoms with van der Waals surface area (Å²) >= 11 is 0.726. The van der Waals surface area contributed by atoms with Gasteiger partial charge in [-0.1, -0.05) is 36.0 Å². The highest BCUT2D eigenvalue weighted by Crippen LogP contribution is 2.50. The number of anilines is 1. The Morgan fingerprint density at radius 2 is 1.92 bits per heavy atom. The second-order valence-corrected chi connectivity index (χ2v) is 10.4. The number of alkyl halides is 3. The maximum atomic E-state index is 13.4. The van der Waals surface area contributed by atoms with Crippen LogP contribution in [-0.2, 0) is 12.6 Å². The molecule has 0 saturated carbocycles. The van der Waals surface area contributed by atoms with Crippen LogP contribution in [0.4, 0.5) is 19.1 Å². The van der Waals surface area contributed by atoms with E-state index in [0.29, 0.717) is 17.2 Å². The highest BCUT2D eigenvalue weighted by Gasteiger charge is 2.46. The van der Waals surface area contributed by atoms with Crippen molar-refractivity contribution in [2.75, 3.05) is 18.0 Å².